The topological polar surface area (TPSA) is 71.4 Å². The molecule has 2 heterocycles. The van der Waals surface area contributed by atoms with E-state index in [9.17, 15) is 0 Å². The van der Waals surface area contributed by atoms with Crippen LogP contribution in [0.15, 0.2) is 34.9 Å². The Bertz CT molecular complexity index is 600. The van der Waals surface area contributed by atoms with Gasteiger partial charge in [0.05, 0.1) is 13.1 Å². The summed E-state index contributed by atoms with van der Waals surface area (Å²) in [5.74, 6) is 1.22. The molecule has 3 rings (SSSR count). The Morgan fingerprint density at radius 1 is 1.35 bits per heavy atom. The molecule has 1 aromatic carbocycles. The van der Waals surface area contributed by atoms with Crippen LogP contribution in [0.5, 0.6) is 0 Å². The van der Waals surface area contributed by atoms with Crippen LogP contribution in [0.2, 0.25) is 0 Å². The van der Waals surface area contributed by atoms with E-state index in [2.05, 4.69) is 57.3 Å². The van der Waals surface area contributed by atoms with Crippen LogP contribution in [0.1, 0.15) is 30.1 Å². The van der Waals surface area contributed by atoms with Gasteiger partial charge < -0.3 is 10.3 Å². The van der Waals surface area contributed by atoms with E-state index in [0.29, 0.717) is 30.8 Å². The number of nitrogens with zero attached hydrogens (tertiary/aromatic N) is 4. The first-order valence-electron chi connectivity index (χ1n) is 8.22. The van der Waals surface area contributed by atoms with E-state index in [0.717, 1.165) is 13.1 Å². The zero-order valence-electron chi connectivity index (χ0n) is 13.7. The Morgan fingerprint density at radius 3 is 2.91 bits per heavy atom. The second kappa shape index (κ2) is 7.68. The molecule has 124 valence electrons. The maximum absolute atomic E-state index is 5.51. The standard InChI is InChI=1S/C17H25N5O/c1-21(13-16-19-17(10-18)23-20-16)15-8-5-9-22(12-15)11-14-6-3-2-4-7-14/h2-4,6-7,15H,5,8-13,18H2,1H3. The number of nitrogens with two attached hydrogens (primary N) is 1. The first-order valence-corrected chi connectivity index (χ1v) is 8.22. The van der Waals surface area contributed by atoms with Crippen molar-refractivity contribution in [3.05, 3.63) is 47.6 Å². The fourth-order valence-electron chi connectivity index (χ4n) is 3.17. The van der Waals surface area contributed by atoms with E-state index in [1.807, 2.05) is 0 Å². The minimum absolute atomic E-state index is 0.297. The number of hydrogen-bond acceptors (Lipinski definition) is 6. The zero-order chi connectivity index (χ0) is 16.1. The molecule has 6 nitrogen and oxygen atoms in total. The molecule has 23 heavy (non-hydrogen) atoms. The van der Waals surface area contributed by atoms with Crippen molar-refractivity contribution in [2.75, 3.05) is 20.1 Å². The second-order valence-electron chi connectivity index (χ2n) is 6.24. The highest BCUT2D eigenvalue weighted by Crippen LogP contribution is 2.18. The Kier molecular flexibility index (Phi) is 5.38. The molecule has 1 unspecified atom stereocenters. The van der Waals surface area contributed by atoms with Gasteiger partial charge in [-0.25, -0.2) is 0 Å². The Hall–Kier alpha value is -1.76. The lowest BCUT2D eigenvalue weighted by Gasteiger charge is -2.37. The largest absolute Gasteiger partial charge is 0.338 e. The van der Waals surface area contributed by atoms with E-state index in [-0.39, 0.29) is 0 Å². The lowest BCUT2D eigenvalue weighted by molar-refractivity contribution is 0.105. The van der Waals surface area contributed by atoms with Gasteiger partial charge >= 0.3 is 0 Å². The molecule has 0 radical (unpaired) electrons. The summed E-state index contributed by atoms with van der Waals surface area (Å²) in [7, 11) is 2.13. The van der Waals surface area contributed by atoms with Gasteiger partial charge in [0.1, 0.15) is 0 Å². The Balaban J connectivity index is 1.54. The van der Waals surface area contributed by atoms with E-state index in [1.54, 1.807) is 0 Å². The average molecular weight is 315 g/mol. The number of likely N-dealkylation sites (N-methyl/N-ethyl adjacent to an activating group) is 1. The number of piperidine rings is 1. The summed E-state index contributed by atoms with van der Waals surface area (Å²) >= 11 is 0. The quantitative estimate of drug-likeness (QED) is 0.873. The van der Waals surface area contributed by atoms with Gasteiger partial charge in [0, 0.05) is 19.1 Å². The minimum Gasteiger partial charge on any atom is -0.338 e. The van der Waals surface area contributed by atoms with Crippen LogP contribution in [0.3, 0.4) is 0 Å². The van der Waals surface area contributed by atoms with Crippen LogP contribution in [0, 0.1) is 0 Å². The van der Waals surface area contributed by atoms with Crippen LogP contribution < -0.4 is 5.73 Å². The van der Waals surface area contributed by atoms with Gasteiger partial charge in [-0.3, -0.25) is 9.80 Å². The third-order valence-corrected chi connectivity index (χ3v) is 4.43. The van der Waals surface area contributed by atoms with E-state index < -0.39 is 0 Å². The van der Waals surface area contributed by atoms with Gasteiger partial charge in [-0.1, -0.05) is 35.5 Å². The van der Waals surface area contributed by atoms with Gasteiger partial charge in [-0.2, -0.15) is 4.98 Å². The van der Waals surface area contributed by atoms with E-state index in [4.69, 9.17) is 10.3 Å². The third kappa shape index (κ3) is 4.37. The summed E-state index contributed by atoms with van der Waals surface area (Å²) in [6, 6.07) is 11.2. The molecule has 1 fully saturated rings. The molecular weight excluding hydrogens is 290 g/mol. The molecule has 0 spiro atoms. The van der Waals surface area contributed by atoms with Gasteiger partial charge in [0.25, 0.3) is 0 Å². The molecule has 1 saturated heterocycles. The number of aromatic nitrogens is 2. The minimum atomic E-state index is 0.297. The summed E-state index contributed by atoms with van der Waals surface area (Å²) < 4.78 is 5.08. The Labute approximate surface area is 137 Å². The molecule has 1 atom stereocenters. The van der Waals surface area contributed by atoms with Crippen molar-refractivity contribution in [3.8, 4) is 0 Å². The van der Waals surface area contributed by atoms with Crippen LogP contribution in [0.4, 0.5) is 0 Å². The fourth-order valence-corrected chi connectivity index (χ4v) is 3.17. The van der Waals surface area contributed by atoms with Gasteiger partial charge in [0.15, 0.2) is 5.82 Å². The van der Waals surface area contributed by atoms with Crippen molar-refractivity contribution in [2.24, 2.45) is 5.73 Å². The lowest BCUT2D eigenvalue weighted by Crippen LogP contribution is -2.45. The van der Waals surface area contributed by atoms with Crippen LogP contribution >= 0.6 is 0 Å². The number of likely N-dealkylation sites (tertiary alicyclic amines) is 1. The summed E-state index contributed by atoms with van der Waals surface area (Å²) in [5, 5.41) is 3.99. The molecule has 1 aromatic heterocycles. The highest BCUT2D eigenvalue weighted by molar-refractivity contribution is 5.14. The molecule has 2 aromatic rings. The predicted molar refractivity (Wildman–Crippen MR) is 88.4 cm³/mol. The van der Waals surface area contributed by atoms with Crippen LogP contribution in [0.25, 0.3) is 0 Å². The number of rotatable bonds is 6. The highest BCUT2D eigenvalue weighted by Gasteiger charge is 2.24. The van der Waals surface area contributed by atoms with Crippen molar-refractivity contribution in [1.29, 1.82) is 0 Å². The fraction of sp³-hybridized carbons (Fsp3) is 0.529. The molecule has 0 bridgehead atoms. The first kappa shape index (κ1) is 16.1. The second-order valence-corrected chi connectivity index (χ2v) is 6.24. The lowest BCUT2D eigenvalue weighted by atomic mass is 10.0. The summed E-state index contributed by atoms with van der Waals surface area (Å²) in [6.45, 7) is 4.26. The van der Waals surface area contributed by atoms with Crippen molar-refractivity contribution in [2.45, 2.75) is 38.5 Å². The number of hydrogen-bond donors (Lipinski definition) is 1. The maximum atomic E-state index is 5.51. The van der Waals surface area contributed by atoms with E-state index in [1.165, 1.54) is 24.9 Å². The average Bonchev–Trinajstić information content (AvgIpc) is 3.03. The van der Waals surface area contributed by atoms with Gasteiger partial charge in [-0.05, 0) is 32.0 Å². The molecule has 6 heteroatoms. The van der Waals surface area contributed by atoms with Gasteiger partial charge in [-0.15, -0.1) is 0 Å². The van der Waals surface area contributed by atoms with Gasteiger partial charge in [0.2, 0.25) is 5.89 Å². The zero-order valence-corrected chi connectivity index (χ0v) is 13.7. The molecule has 0 saturated carbocycles. The monoisotopic (exact) mass is 315 g/mol. The normalized spacial score (nSPS) is 19.3. The van der Waals surface area contributed by atoms with Crippen molar-refractivity contribution in [3.63, 3.8) is 0 Å². The Morgan fingerprint density at radius 2 is 2.17 bits per heavy atom. The SMILES string of the molecule is CN(Cc1noc(CN)n1)C1CCCN(Cc2ccccc2)C1. The third-order valence-electron chi connectivity index (χ3n) is 4.43. The molecule has 1 aliphatic rings. The van der Waals surface area contributed by atoms with Crippen LogP contribution in [-0.2, 0) is 19.6 Å². The van der Waals surface area contributed by atoms with Crippen molar-refractivity contribution >= 4 is 0 Å². The summed E-state index contributed by atoms with van der Waals surface area (Å²) in [5.41, 5.74) is 6.89. The van der Waals surface area contributed by atoms with Crippen LogP contribution in [-0.4, -0.2) is 46.1 Å². The summed E-state index contributed by atoms with van der Waals surface area (Å²) in [4.78, 5) is 9.14. The molecule has 1 aliphatic heterocycles. The first-order chi connectivity index (χ1) is 11.2. The molecular formula is C17H25N5O. The maximum Gasteiger partial charge on any atom is 0.240 e. The smallest absolute Gasteiger partial charge is 0.240 e. The molecule has 0 amide bonds. The van der Waals surface area contributed by atoms with Crippen molar-refractivity contribution < 1.29 is 4.52 Å². The summed E-state index contributed by atoms with van der Waals surface area (Å²) in [6.07, 6.45) is 2.44. The van der Waals surface area contributed by atoms with E-state index >= 15 is 0 Å². The molecule has 2 N–H and O–H groups in total. The molecule has 0 aliphatic carbocycles. The number of benzene rings is 1. The van der Waals surface area contributed by atoms with Crippen molar-refractivity contribution in [1.82, 2.24) is 19.9 Å². The highest BCUT2D eigenvalue weighted by atomic mass is 16.5. The predicted octanol–water partition coefficient (Wildman–Crippen LogP) is 1.62.